The molecule has 128 valence electrons. The van der Waals surface area contributed by atoms with Crippen molar-refractivity contribution in [2.45, 2.75) is 25.7 Å². The first-order chi connectivity index (χ1) is 12.2. The van der Waals surface area contributed by atoms with Gasteiger partial charge in [-0.3, -0.25) is 9.78 Å². The minimum atomic E-state index is -0.154. The summed E-state index contributed by atoms with van der Waals surface area (Å²) in [5.74, 6) is 1.14. The summed E-state index contributed by atoms with van der Waals surface area (Å²) in [5.41, 5.74) is 1.33. The molecule has 1 fully saturated rings. The summed E-state index contributed by atoms with van der Waals surface area (Å²) < 4.78 is 10.4. The fourth-order valence-corrected chi connectivity index (χ4v) is 2.99. The molecule has 0 saturated carbocycles. The van der Waals surface area contributed by atoms with Gasteiger partial charge in [0.15, 0.2) is 5.82 Å². The zero-order chi connectivity index (χ0) is 17.2. The number of aromatic nitrogens is 4. The molecule has 1 aliphatic heterocycles. The average molecular weight is 339 g/mol. The monoisotopic (exact) mass is 339 g/mol. The number of aryl methyl sites for hydroxylation is 1. The zero-order valence-electron chi connectivity index (χ0n) is 13.8. The number of hydrogen-bond donors (Lipinski definition) is 0. The van der Waals surface area contributed by atoms with Crippen molar-refractivity contribution in [3.8, 4) is 11.6 Å². The maximum Gasteiger partial charge on any atom is 0.292 e. The highest BCUT2D eigenvalue weighted by molar-refractivity contribution is 5.91. The molecule has 1 saturated heterocycles. The first kappa shape index (κ1) is 15.5. The van der Waals surface area contributed by atoms with Crippen LogP contribution < -0.4 is 0 Å². The minimum absolute atomic E-state index is 0.0305. The Balaban J connectivity index is 1.50. The molecular formula is C17H17N5O3. The first-order valence-electron chi connectivity index (χ1n) is 8.18. The van der Waals surface area contributed by atoms with Crippen molar-refractivity contribution in [3.05, 3.63) is 47.7 Å². The molecule has 3 aromatic heterocycles. The molecule has 8 heteroatoms. The highest BCUT2D eigenvalue weighted by Gasteiger charge is 2.30. The van der Waals surface area contributed by atoms with E-state index in [9.17, 15) is 4.79 Å². The molecule has 3 aromatic rings. The fourth-order valence-electron chi connectivity index (χ4n) is 2.99. The Hall–Kier alpha value is -3.03. The molecule has 25 heavy (non-hydrogen) atoms. The number of piperidine rings is 1. The van der Waals surface area contributed by atoms with Crippen LogP contribution >= 0.6 is 0 Å². The second-order valence-electron chi connectivity index (χ2n) is 6.10. The van der Waals surface area contributed by atoms with Crippen LogP contribution in [0.1, 0.15) is 40.8 Å². The van der Waals surface area contributed by atoms with Crippen molar-refractivity contribution in [3.63, 3.8) is 0 Å². The fraction of sp³-hybridized carbons (Fsp3) is 0.353. The van der Waals surface area contributed by atoms with Crippen LogP contribution in [0.5, 0.6) is 0 Å². The van der Waals surface area contributed by atoms with E-state index in [1.54, 1.807) is 24.1 Å². The van der Waals surface area contributed by atoms with Gasteiger partial charge in [-0.1, -0.05) is 16.4 Å². The van der Waals surface area contributed by atoms with Crippen LogP contribution in [0.15, 0.2) is 39.5 Å². The molecular weight excluding hydrogens is 322 g/mol. The number of pyridine rings is 1. The Morgan fingerprint density at radius 2 is 2.20 bits per heavy atom. The van der Waals surface area contributed by atoms with E-state index >= 15 is 0 Å². The highest BCUT2D eigenvalue weighted by Crippen LogP contribution is 2.27. The van der Waals surface area contributed by atoms with Crippen molar-refractivity contribution in [1.82, 2.24) is 25.2 Å². The van der Waals surface area contributed by atoms with Gasteiger partial charge >= 0.3 is 0 Å². The molecule has 0 N–H and O–H groups in total. The Morgan fingerprint density at radius 3 is 2.96 bits per heavy atom. The third-order valence-electron chi connectivity index (χ3n) is 4.24. The average Bonchev–Trinajstić information content (AvgIpc) is 3.31. The maximum absolute atomic E-state index is 12.5. The van der Waals surface area contributed by atoms with E-state index in [-0.39, 0.29) is 17.6 Å². The Bertz CT molecular complexity index is 873. The van der Waals surface area contributed by atoms with Crippen LogP contribution in [-0.2, 0) is 0 Å². The Kier molecular flexibility index (Phi) is 4.01. The molecule has 1 atom stereocenters. The lowest BCUT2D eigenvalue weighted by Gasteiger charge is -2.30. The summed E-state index contributed by atoms with van der Waals surface area (Å²) >= 11 is 0. The molecule has 0 unspecified atom stereocenters. The van der Waals surface area contributed by atoms with E-state index < -0.39 is 0 Å². The van der Waals surface area contributed by atoms with E-state index in [2.05, 4.69) is 20.3 Å². The summed E-state index contributed by atoms with van der Waals surface area (Å²) in [6.45, 7) is 3.00. The number of nitrogens with zero attached hydrogens (tertiary/aromatic N) is 5. The molecule has 0 radical (unpaired) electrons. The van der Waals surface area contributed by atoms with Crippen molar-refractivity contribution in [2.75, 3.05) is 13.1 Å². The predicted molar refractivity (Wildman–Crippen MR) is 86.6 cm³/mol. The standard InChI is InChI=1S/C17H17N5O3/c1-11-9-14(24-20-11)17(23)22-8-4-5-12(10-22)15-19-16(25-21-15)13-6-2-3-7-18-13/h2-3,6-7,9,12H,4-5,8,10H2,1H3/t12-/m0/s1. The van der Waals surface area contributed by atoms with Crippen molar-refractivity contribution < 1.29 is 13.8 Å². The molecule has 8 nitrogen and oxygen atoms in total. The third-order valence-corrected chi connectivity index (χ3v) is 4.24. The van der Waals surface area contributed by atoms with Crippen molar-refractivity contribution in [2.24, 2.45) is 0 Å². The van der Waals surface area contributed by atoms with Gasteiger partial charge in [0, 0.05) is 31.3 Å². The van der Waals surface area contributed by atoms with Gasteiger partial charge in [-0.2, -0.15) is 4.98 Å². The van der Waals surface area contributed by atoms with E-state index in [0.717, 1.165) is 12.8 Å². The van der Waals surface area contributed by atoms with Gasteiger partial charge in [-0.15, -0.1) is 0 Å². The smallest absolute Gasteiger partial charge is 0.292 e. The van der Waals surface area contributed by atoms with Crippen LogP contribution in [-0.4, -0.2) is 44.2 Å². The zero-order valence-corrected chi connectivity index (χ0v) is 13.8. The summed E-state index contributed by atoms with van der Waals surface area (Å²) in [6.07, 6.45) is 3.46. The normalized spacial score (nSPS) is 17.6. The molecule has 1 amide bonds. The Morgan fingerprint density at radius 1 is 1.28 bits per heavy atom. The number of amides is 1. The van der Waals surface area contributed by atoms with E-state index in [4.69, 9.17) is 9.05 Å². The molecule has 0 aliphatic carbocycles. The number of likely N-dealkylation sites (tertiary alicyclic amines) is 1. The molecule has 0 bridgehead atoms. The molecule has 0 spiro atoms. The van der Waals surface area contributed by atoms with E-state index in [1.165, 1.54) is 0 Å². The van der Waals surface area contributed by atoms with Crippen LogP contribution in [0, 0.1) is 6.92 Å². The highest BCUT2D eigenvalue weighted by atomic mass is 16.5. The summed E-state index contributed by atoms with van der Waals surface area (Å²) in [5, 5.41) is 7.86. The van der Waals surface area contributed by atoms with Gasteiger partial charge in [0.2, 0.25) is 5.76 Å². The van der Waals surface area contributed by atoms with Gasteiger partial charge in [0.05, 0.1) is 5.69 Å². The second kappa shape index (κ2) is 6.46. The van der Waals surface area contributed by atoms with Gasteiger partial charge < -0.3 is 13.9 Å². The maximum atomic E-state index is 12.5. The van der Waals surface area contributed by atoms with Crippen molar-refractivity contribution >= 4 is 5.91 Å². The van der Waals surface area contributed by atoms with Crippen LogP contribution in [0.4, 0.5) is 0 Å². The number of hydrogen-bond acceptors (Lipinski definition) is 7. The lowest BCUT2D eigenvalue weighted by molar-refractivity contribution is 0.0661. The Labute approximate surface area is 143 Å². The van der Waals surface area contributed by atoms with E-state index in [0.29, 0.717) is 36.2 Å². The van der Waals surface area contributed by atoms with Gasteiger partial charge in [-0.25, -0.2) is 0 Å². The van der Waals surface area contributed by atoms with E-state index in [1.807, 2.05) is 18.2 Å². The number of carbonyl (C=O) groups is 1. The quantitative estimate of drug-likeness (QED) is 0.722. The molecule has 4 heterocycles. The van der Waals surface area contributed by atoms with Crippen LogP contribution in [0.2, 0.25) is 0 Å². The van der Waals surface area contributed by atoms with Gasteiger partial charge in [0.25, 0.3) is 11.8 Å². The summed E-state index contributed by atoms with van der Waals surface area (Å²) in [4.78, 5) is 23.0. The number of rotatable bonds is 3. The predicted octanol–water partition coefficient (Wildman–Crippen LogP) is 2.45. The molecule has 0 aromatic carbocycles. The summed E-state index contributed by atoms with van der Waals surface area (Å²) in [6, 6.07) is 7.17. The topological polar surface area (TPSA) is 98.2 Å². The SMILES string of the molecule is Cc1cc(C(=O)N2CCC[C@H](c3noc(-c4ccccn4)n3)C2)on1. The number of carbonyl (C=O) groups excluding carboxylic acids is 1. The van der Waals surface area contributed by atoms with Crippen LogP contribution in [0.25, 0.3) is 11.6 Å². The molecule has 1 aliphatic rings. The minimum Gasteiger partial charge on any atom is -0.351 e. The third kappa shape index (κ3) is 3.15. The largest absolute Gasteiger partial charge is 0.351 e. The van der Waals surface area contributed by atoms with Crippen molar-refractivity contribution in [1.29, 1.82) is 0 Å². The lowest BCUT2D eigenvalue weighted by atomic mass is 9.97. The first-order valence-corrected chi connectivity index (χ1v) is 8.18. The second-order valence-corrected chi connectivity index (χ2v) is 6.10. The summed E-state index contributed by atoms with van der Waals surface area (Å²) in [7, 11) is 0. The van der Waals surface area contributed by atoms with Crippen LogP contribution in [0.3, 0.4) is 0 Å². The lowest BCUT2D eigenvalue weighted by Crippen LogP contribution is -2.39. The molecule has 4 rings (SSSR count). The van der Waals surface area contributed by atoms with Gasteiger partial charge in [0.1, 0.15) is 5.69 Å². The van der Waals surface area contributed by atoms with Gasteiger partial charge in [-0.05, 0) is 31.9 Å².